The van der Waals surface area contributed by atoms with Gasteiger partial charge in [-0.05, 0) is 29.5 Å². The van der Waals surface area contributed by atoms with Crippen LogP contribution in [-0.2, 0) is 9.78 Å². The first-order valence-electron chi connectivity index (χ1n) is 2.20. The summed E-state index contributed by atoms with van der Waals surface area (Å²) < 4.78 is -0.0578. The van der Waals surface area contributed by atoms with E-state index in [-0.39, 0.29) is 3.61 Å². The fraction of sp³-hybridized carbons (Fsp3) is 1.00. The average molecular weight is 214 g/mol. The lowest BCUT2D eigenvalue weighted by Crippen LogP contribution is -2.10. The second-order valence-electron chi connectivity index (χ2n) is 1.76. The zero-order valence-electron chi connectivity index (χ0n) is 4.11. The minimum absolute atomic E-state index is 0.0578. The molecule has 1 aliphatic rings. The highest BCUT2D eigenvalue weighted by atomic mass is 127. The van der Waals surface area contributed by atoms with Gasteiger partial charge in [-0.25, -0.2) is 9.78 Å². The normalized spacial score (nSPS) is 42.0. The maximum absolute atomic E-state index is 4.83. The van der Waals surface area contributed by atoms with E-state index in [4.69, 9.17) is 4.89 Å². The van der Waals surface area contributed by atoms with E-state index in [0.717, 1.165) is 13.0 Å². The predicted octanol–water partition coefficient (Wildman–Crippen LogP) is 1.49. The highest BCUT2D eigenvalue weighted by Gasteiger charge is 2.27. The first-order valence-corrected chi connectivity index (χ1v) is 3.28. The molecular weight excluding hydrogens is 207 g/mol. The zero-order valence-corrected chi connectivity index (χ0v) is 6.27. The van der Waals surface area contributed by atoms with Crippen LogP contribution in [0.25, 0.3) is 0 Å². The summed E-state index contributed by atoms with van der Waals surface area (Å²) >= 11 is 2.22. The summed E-state index contributed by atoms with van der Waals surface area (Å²) in [5.41, 5.74) is 0. The lowest BCUT2D eigenvalue weighted by Gasteiger charge is -2.07. The van der Waals surface area contributed by atoms with Crippen LogP contribution in [0.4, 0.5) is 0 Å². The Labute approximate surface area is 56.2 Å². The van der Waals surface area contributed by atoms with Crippen molar-refractivity contribution in [3.05, 3.63) is 0 Å². The largest absolute Gasteiger partial charge is 0.235 e. The van der Waals surface area contributed by atoms with Crippen LogP contribution in [0.3, 0.4) is 0 Å². The minimum Gasteiger partial charge on any atom is -0.235 e. The van der Waals surface area contributed by atoms with Crippen molar-refractivity contribution in [3.63, 3.8) is 0 Å². The molecule has 0 spiro atoms. The third-order valence-corrected chi connectivity index (χ3v) is 1.58. The molecule has 0 amide bonds. The summed E-state index contributed by atoms with van der Waals surface area (Å²) in [7, 11) is 0. The summed E-state index contributed by atoms with van der Waals surface area (Å²) in [6.45, 7) is 2.74. The summed E-state index contributed by atoms with van der Waals surface area (Å²) in [5, 5.41) is 0. The summed E-state index contributed by atoms with van der Waals surface area (Å²) in [6.07, 6.45) is 0.994. The zero-order chi connectivity index (χ0) is 5.33. The van der Waals surface area contributed by atoms with Crippen molar-refractivity contribution in [1.82, 2.24) is 0 Å². The standard InChI is InChI=1S/C4H7IO2/c1-4(5)2-3-6-7-4/h2-3H2,1H3. The van der Waals surface area contributed by atoms with Crippen molar-refractivity contribution >= 4 is 22.6 Å². The van der Waals surface area contributed by atoms with Crippen LogP contribution in [0.5, 0.6) is 0 Å². The monoisotopic (exact) mass is 214 g/mol. The Morgan fingerprint density at radius 2 is 2.43 bits per heavy atom. The van der Waals surface area contributed by atoms with Crippen LogP contribution >= 0.6 is 22.6 Å². The summed E-state index contributed by atoms with van der Waals surface area (Å²) in [6, 6.07) is 0. The molecule has 7 heavy (non-hydrogen) atoms. The predicted molar refractivity (Wildman–Crippen MR) is 34.1 cm³/mol. The maximum atomic E-state index is 4.83. The van der Waals surface area contributed by atoms with Crippen LogP contribution in [0, 0.1) is 0 Å². The fourth-order valence-corrected chi connectivity index (χ4v) is 0.777. The van der Waals surface area contributed by atoms with E-state index in [2.05, 4.69) is 27.5 Å². The van der Waals surface area contributed by atoms with E-state index in [1.807, 2.05) is 6.92 Å². The van der Waals surface area contributed by atoms with E-state index in [1.54, 1.807) is 0 Å². The minimum atomic E-state index is -0.0578. The molecule has 42 valence electrons. The van der Waals surface area contributed by atoms with Gasteiger partial charge in [0.05, 0.1) is 6.61 Å². The molecule has 0 bridgehead atoms. The molecular formula is C4H7IO2. The molecule has 1 heterocycles. The number of hydrogen-bond acceptors (Lipinski definition) is 2. The first-order chi connectivity index (χ1) is 3.21. The number of rotatable bonds is 0. The molecule has 0 aromatic carbocycles. The van der Waals surface area contributed by atoms with Gasteiger partial charge in [0.15, 0.2) is 3.61 Å². The molecule has 1 rings (SSSR count). The topological polar surface area (TPSA) is 18.5 Å². The maximum Gasteiger partial charge on any atom is 0.153 e. The van der Waals surface area contributed by atoms with Gasteiger partial charge < -0.3 is 0 Å². The van der Waals surface area contributed by atoms with E-state index in [9.17, 15) is 0 Å². The number of alkyl halides is 1. The molecule has 2 nitrogen and oxygen atoms in total. The van der Waals surface area contributed by atoms with Gasteiger partial charge in [-0.1, -0.05) is 0 Å². The van der Waals surface area contributed by atoms with E-state index < -0.39 is 0 Å². The van der Waals surface area contributed by atoms with Crippen molar-refractivity contribution in [3.8, 4) is 0 Å². The molecule has 1 saturated heterocycles. The van der Waals surface area contributed by atoms with Crippen LogP contribution in [0.2, 0.25) is 0 Å². The van der Waals surface area contributed by atoms with Gasteiger partial charge in [-0.15, -0.1) is 0 Å². The molecule has 0 aromatic rings. The van der Waals surface area contributed by atoms with Crippen LogP contribution < -0.4 is 0 Å². The lowest BCUT2D eigenvalue weighted by molar-refractivity contribution is -0.275. The highest BCUT2D eigenvalue weighted by Crippen LogP contribution is 2.29. The Hall–Kier alpha value is 0.650. The Bertz CT molecular complexity index is 64.1. The fourth-order valence-electron chi connectivity index (χ4n) is 0.430. The smallest absolute Gasteiger partial charge is 0.153 e. The molecule has 0 saturated carbocycles. The SMILES string of the molecule is CC1(I)CCOO1. The molecule has 1 fully saturated rings. The number of halogens is 1. The van der Waals surface area contributed by atoms with Crippen LogP contribution in [-0.4, -0.2) is 10.2 Å². The van der Waals surface area contributed by atoms with Gasteiger partial charge >= 0.3 is 0 Å². The van der Waals surface area contributed by atoms with Crippen molar-refractivity contribution in [2.75, 3.05) is 6.61 Å². The molecule has 1 aliphatic heterocycles. The van der Waals surface area contributed by atoms with Gasteiger partial charge in [0.25, 0.3) is 0 Å². The molecule has 0 radical (unpaired) electrons. The van der Waals surface area contributed by atoms with Crippen molar-refractivity contribution in [2.45, 2.75) is 17.0 Å². The lowest BCUT2D eigenvalue weighted by atomic mass is 10.3. The molecule has 1 atom stereocenters. The van der Waals surface area contributed by atoms with E-state index >= 15 is 0 Å². The number of hydrogen-bond donors (Lipinski definition) is 0. The van der Waals surface area contributed by atoms with E-state index in [0.29, 0.717) is 0 Å². The van der Waals surface area contributed by atoms with Crippen molar-refractivity contribution in [1.29, 1.82) is 0 Å². The third-order valence-electron chi connectivity index (χ3n) is 0.865. The highest BCUT2D eigenvalue weighted by molar-refractivity contribution is 14.1. The Morgan fingerprint density at radius 3 is 2.57 bits per heavy atom. The molecule has 3 heteroatoms. The summed E-state index contributed by atoms with van der Waals surface area (Å²) in [4.78, 5) is 9.48. The van der Waals surface area contributed by atoms with Crippen molar-refractivity contribution in [2.24, 2.45) is 0 Å². The Kier molecular flexibility index (Phi) is 1.55. The van der Waals surface area contributed by atoms with Gasteiger partial charge in [-0.2, -0.15) is 0 Å². The van der Waals surface area contributed by atoms with Gasteiger partial charge in [-0.3, -0.25) is 0 Å². The molecule has 1 unspecified atom stereocenters. The molecule has 0 aromatic heterocycles. The Morgan fingerprint density at radius 1 is 1.71 bits per heavy atom. The third kappa shape index (κ3) is 1.54. The van der Waals surface area contributed by atoms with Crippen LogP contribution in [0.1, 0.15) is 13.3 Å². The second-order valence-corrected chi connectivity index (χ2v) is 4.04. The second kappa shape index (κ2) is 1.87. The summed E-state index contributed by atoms with van der Waals surface area (Å²) in [5.74, 6) is 0. The van der Waals surface area contributed by atoms with Crippen LogP contribution in [0.15, 0.2) is 0 Å². The first kappa shape index (κ1) is 5.78. The quantitative estimate of drug-likeness (QED) is 0.345. The van der Waals surface area contributed by atoms with Gasteiger partial charge in [0.1, 0.15) is 0 Å². The van der Waals surface area contributed by atoms with Gasteiger partial charge in [0, 0.05) is 6.42 Å². The Balaban J connectivity index is 2.40. The van der Waals surface area contributed by atoms with Crippen molar-refractivity contribution < 1.29 is 9.78 Å². The molecule has 0 N–H and O–H groups in total. The van der Waals surface area contributed by atoms with Gasteiger partial charge in [0.2, 0.25) is 0 Å². The molecule has 0 aliphatic carbocycles. The average Bonchev–Trinajstić information content (AvgIpc) is 1.84. The van der Waals surface area contributed by atoms with E-state index in [1.165, 1.54) is 0 Å².